The SMILES string of the molecule is O=C(Nc1ccc(N2CCCN(CC(O)COCc3ccco3)CC2)nc1)c1cc(F)cc(F)c1. The third-order valence-corrected chi connectivity index (χ3v) is 5.65. The number of rotatable bonds is 9. The van der Waals surface area contributed by atoms with Crippen molar-refractivity contribution in [1.29, 1.82) is 0 Å². The number of aliphatic hydroxyl groups is 1. The summed E-state index contributed by atoms with van der Waals surface area (Å²) in [5, 5.41) is 12.9. The van der Waals surface area contributed by atoms with Crippen LogP contribution in [0.2, 0.25) is 0 Å². The number of β-amino-alcohol motifs (C(OH)–C–C–N with tert-alkyl or cyclic N) is 1. The molecule has 1 saturated heterocycles. The summed E-state index contributed by atoms with van der Waals surface area (Å²) in [7, 11) is 0. The predicted octanol–water partition coefficient (Wildman–Crippen LogP) is 3.29. The van der Waals surface area contributed by atoms with Gasteiger partial charge in [0.05, 0.1) is 30.9 Å². The molecule has 4 rings (SSSR count). The Bertz CT molecular complexity index is 1080. The van der Waals surface area contributed by atoms with E-state index in [0.29, 0.717) is 24.9 Å². The van der Waals surface area contributed by atoms with Gasteiger partial charge in [-0.05, 0) is 49.4 Å². The Morgan fingerprint density at radius 3 is 2.69 bits per heavy atom. The molecule has 186 valence electrons. The molecule has 2 N–H and O–H groups in total. The van der Waals surface area contributed by atoms with Gasteiger partial charge in [0.1, 0.15) is 29.8 Å². The van der Waals surface area contributed by atoms with E-state index in [0.717, 1.165) is 56.3 Å². The molecule has 1 unspecified atom stereocenters. The van der Waals surface area contributed by atoms with Crippen molar-refractivity contribution in [3.05, 3.63) is 77.9 Å². The summed E-state index contributed by atoms with van der Waals surface area (Å²) in [6.07, 6.45) is 3.42. The molecule has 1 aliphatic rings. The first-order chi connectivity index (χ1) is 17.0. The molecule has 0 radical (unpaired) electrons. The number of pyridine rings is 1. The number of nitrogens with zero attached hydrogens (tertiary/aromatic N) is 3. The molecular weight excluding hydrogens is 458 g/mol. The molecule has 8 nitrogen and oxygen atoms in total. The lowest BCUT2D eigenvalue weighted by molar-refractivity contribution is 0.00605. The second-order valence-electron chi connectivity index (χ2n) is 8.41. The first-order valence-electron chi connectivity index (χ1n) is 11.5. The lowest BCUT2D eigenvalue weighted by Crippen LogP contribution is -2.37. The monoisotopic (exact) mass is 486 g/mol. The van der Waals surface area contributed by atoms with Crippen LogP contribution in [0.5, 0.6) is 0 Å². The first-order valence-corrected chi connectivity index (χ1v) is 11.5. The zero-order chi connectivity index (χ0) is 24.6. The van der Waals surface area contributed by atoms with E-state index in [9.17, 15) is 18.7 Å². The number of aromatic nitrogens is 1. The highest BCUT2D eigenvalue weighted by Gasteiger charge is 2.19. The Kier molecular flexibility index (Phi) is 8.40. The zero-order valence-corrected chi connectivity index (χ0v) is 19.2. The Morgan fingerprint density at radius 2 is 1.97 bits per heavy atom. The highest BCUT2D eigenvalue weighted by molar-refractivity contribution is 6.04. The van der Waals surface area contributed by atoms with Gasteiger partial charge < -0.3 is 24.5 Å². The van der Waals surface area contributed by atoms with Crippen molar-refractivity contribution in [3.8, 4) is 0 Å². The van der Waals surface area contributed by atoms with Crippen molar-refractivity contribution >= 4 is 17.4 Å². The number of ether oxygens (including phenoxy) is 1. The molecule has 3 aromatic rings. The maximum absolute atomic E-state index is 13.4. The van der Waals surface area contributed by atoms with E-state index in [1.165, 1.54) is 6.20 Å². The minimum absolute atomic E-state index is 0.104. The molecule has 1 aliphatic heterocycles. The summed E-state index contributed by atoms with van der Waals surface area (Å²) >= 11 is 0. The molecule has 1 aromatic carbocycles. The number of carbonyl (C=O) groups is 1. The summed E-state index contributed by atoms with van der Waals surface area (Å²) in [4.78, 5) is 21.1. The number of hydrogen-bond donors (Lipinski definition) is 2. The van der Waals surface area contributed by atoms with E-state index in [1.807, 2.05) is 6.07 Å². The van der Waals surface area contributed by atoms with E-state index >= 15 is 0 Å². The largest absolute Gasteiger partial charge is 0.467 e. The lowest BCUT2D eigenvalue weighted by atomic mass is 10.2. The van der Waals surface area contributed by atoms with Crippen molar-refractivity contribution < 1.29 is 27.8 Å². The number of furan rings is 1. The average molecular weight is 487 g/mol. The number of carbonyl (C=O) groups excluding carboxylic acids is 1. The number of hydrogen-bond acceptors (Lipinski definition) is 7. The Morgan fingerprint density at radius 1 is 1.14 bits per heavy atom. The van der Waals surface area contributed by atoms with Gasteiger partial charge in [0.25, 0.3) is 5.91 Å². The van der Waals surface area contributed by atoms with Gasteiger partial charge in [0.15, 0.2) is 0 Å². The van der Waals surface area contributed by atoms with Crippen LogP contribution in [-0.2, 0) is 11.3 Å². The quantitative estimate of drug-likeness (QED) is 0.480. The lowest BCUT2D eigenvalue weighted by Gasteiger charge is -2.24. The number of amides is 1. The fourth-order valence-electron chi connectivity index (χ4n) is 3.96. The highest BCUT2D eigenvalue weighted by Crippen LogP contribution is 2.18. The smallest absolute Gasteiger partial charge is 0.255 e. The number of halogens is 2. The third-order valence-electron chi connectivity index (χ3n) is 5.65. The van der Waals surface area contributed by atoms with Crippen LogP contribution >= 0.6 is 0 Å². The standard InChI is InChI=1S/C25H28F2N4O4/c26-19-11-18(12-20(27)13-19)25(33)29-21-4-5-24(28-14-21)31-7-2-6-30(8-9-31)15-22(32)16-34-17-23-3-1-10-35-23/h1,3-5,10-14,22,32H,2,6-9,15-17H2,(H,29,33). The second-order valence-corrected chi connectivity index (χ2v) is 8.41. The fraction of sp³-hybridized carbons (Fsp3) is 0.360. The fourth-order valence-corrected chi connectivity index (χ4v) is 3.96. The predicted molar refractivity (Wildman–Crippen MR) is 126 cm³/mol. The average Bonchev–Trinajstić information content (AvgIpc) is 3.24. The van der Waals surface area contributed by atoms with Crippen molar-refractivity contribution in [1.82, 2.24) is 9.88 Å². The van der Waals surface area contributed by atoms with Gasteiger partial charge >= 0.3 is 0 Å². The highest BCUT2D eigenvalue weighted by atomic mass is 19.1. The van der Waals surface area contributed by atoms with E-state index in [2.05, 4.69) is 20.1 Å². The summed E-state index contributed by atoms with van der Waals surface area (Å²) in [6.45, 7) is 4.25. The van der Waals surface area contributed by atoms with Gasteiger partial charge in [0.2, 0.25) is 0 Å². The maximum atomic E-state index is 13.4. The minimum atomic E-state index is -0.812. The summed E-state index contributed by atoms with van der Waals surface area (Å²) in [6, 6.07) is 9.80. The molecule has 1 amide bonds. The third kappa shape index (κ3) is 7.32. The van der Waals surface area contributed by atoms with Gasteiger partial charge in [-0.1, -0.05) is 0 Å². The van der Waals surface area contributed by atoms with Crippen LogP contribution in [0.15, 0.2) is 59.3 Å². The number of nitrogens with one attached hydrogen (secondary N) is 1. The van der Waals surface area contributed by atoms with Gasteiger partial charge in [-0.15, -0.1) is 0 Å². The van der Waals surface area contributed by atoms with E-state index in [-0.39, 0.29) is 12.2 Å². The van der Waals surface area contributed by atoms with Gasteiger partial charge in [-0.2, -0.15) is 0 Å². The molecule has 3 heterocycles. The molecule has 0 spiro atoms. The molecule has 1 atom stereocenters. The molecule has 2 aromatic heterocycles. The van der Waals surface area contributed by atoms with Gasteiger partial charge in [0, 0.05) is 37.8 Å². The number of benzene rings is 1. The van der Waals surface area contributed by atoms with Crippen molar-refractivity contribution in [2.45, 2.75) is 19.1 Å². The molecule has 0 aliphatic carbocycles. The molecule has 0 bridgehead atoms. The van der Waals surface area contributed by atoms with E-state index in [1.54, 1.807) is 24.5 Å². The maximum Gasteiger partial charge on any atom is 0.255 e. The summed E-state index contributed by atoms with van der Waals surface area (Å²) in [5.41, 5.74) is 0.324. The normalized spacial score (nSPS) is 15.6. The summed E-state index contributed by atoms with van der Waals surface area (Å²) < 4.78 is 37.5. The van der Waals surface area contributed by atoms with Crippen LogP contribution < -0.4 is 10.2 Å². The van der Waals surface area contributed by atoms with Crippen LogP contribution in [0, 0.1) is 11.6 Å². The van der Waals surface area contributed by atoms with E-state index in [4.69, 9.17) is 9.15 Å². The van der Waals surface area contributed by atoms with Crippen LogP contribution in [0.1, 0.15) is 22.5 Å². The van der Waals surface area contributed by atoms with Crippen LogP contribution in [0.4, 0.5) is 20.3 Å². The van der Waals surface area contributed by atoms with Crippen molar-refractivity contribution in [3.63, 3.8) is 0 Å². The molecule has 0 saturated carbocycles. The Labute approximate surface area is 202 Å². The molecule has 35 heavy (non-hydrogen) atoms. The van der Waals surface area contributed by atoms with Gasteiger partial charge in [-0.3, -0.25) is 9.69 Å². The molecule has 10 heteroatoms. The molecular formula is C25H28F2N4O4. The second kappa shape index (κ2) is 11.9. The Hall–Kier alpha value is -3.34. The van der Waals surface area contributed by atoms with Gasteiger partial charge in [-0.25, -0.2) is 13.8 Å². The summed E-state index contributed by atoms with van der Waals surface area (Å²) in [5.74, 6) is -0.747. The zero-order valence-electron chi connectivity index (χ0n) is 19.2. The van der Waals surface area contributed by atoms with Crippen LogP contribution in [0.3, 0.4) is 0 Å². The molecule has 1 fully saturated rings. The minimum Gasteiger partial charge on any atom is -0.467 e. The van der Waals surface area contributed by atoms with Crippen molar-refractivity contribution in [2.24, 2.45) is 0 Å². The topological polar surface area (TPSA) is 91.1 Å². The number of aliphatic hydroxyl groups excluding tert-OH is 1. The number of anilines is 2. The first kappa shape index (κ1) is 24.8. The van der Waals surface area contributed by atoms with Crippen molar-refractivity contribution in [2.75, 3.05) is 49.5 Å². The van der Waals surface area contributed by atoms with Crippen LogP contribution in [-0.4, -0.2) is 66.3 Å². The Balaban J connectivity index is 1.24. The van der Waals surface area contributed by atoms with Crippen LogP contribution in [0.25, 0.3) is 0 Å². The van der Waals surface area contributed by atoms with E-state index < -0.39 is 23.6 Å².